The topological polar surface area (TPSA) is 61.6 Å². The Hall–Kier alpha value is -2.14. The van der Waals surface area contributed by atoms with Crippen molar-refractivity contribution in [2.45, 2.75) is 6.54 Å². The molecule has 0 radical (unpaired) electrons. The fourth-order valence-electron chi connectivity index (χ4n) is 3.28. The summed E-state index contributed by atoms with van der Waals surface area (Å²) >= 11 is 1.80. The summed E-state index contributed by atoms with van der Waals surface area (Å²) in [6.45, 7) is 4.60. The second-order valence-electron chi connectivity index (χ2n) is 6.28. The molecule has 3 aromatic heterocycles. The van der Waals surface area contributed by atoms with Crippen molar-refractivity contribution in [3.05, 3.63) is 60.1 Å². The maximum atomic E-state index is 4.50. The van der Waals surface area contributed by atoms with Gasteiger partial charge in [-0.25, -0.2) is 9.97 Å². The van der Waals surface area contributed by atoms with E-state index in [0.717, 1.165) is 43.5 Å². The number of rotatable bonds is 4. The second kappa shape index (κ2) is 9.87. The SMILES string of the molecule is CN=C(NCc1cccnc1-n1ccnc1)N1CCN(c2cccs2)CC1.I. The van der Waals surface area contributed by atoms with E-state index in [1.54, 1.807) is 30.1 Å². The van der Waals surface area contributed by atoms with Crippen LogP contribution in [0.3, 0.4) is 0 Å². The lowest BCUT2D eigenvalue weighted by Crippen LogP contribution is -2.52. The molecule has 0 spiro atoms. The molecule has 7 nitrogen and oxygen atoms in total. The summed E-state index contributed by atoms with van der Waals surface area (Å²) in [5, 5.41) is 6.97. The molecule has 9 heteroatoms. The number of hydrogen-bond acceptors (Lipinski definition) is 5. The summed E-state index contributed by atoms with van der Waals surface area (Å²) in [5.74, 6) is 1.82. The molecule has 28 heavy (non-hydrogen) atoms. The van der Waals surface area contributed by atoms with Crippen molar-refractivity contribution in [2.75, 3.05) is 38.1 Å². The highest BCUT2D eigenvalue weighted by Crippen LogP contribution is 2.22. The molecule has 1 aliphatic heterocycles. The average Bonchev–Trinajstić information content (AvgIpc) is 3.43. The van der Waals surface area contributed by atoms with E-state index in [1.165, 1.54) is 5.00 Å². The van der Waals surface area contributed by atoms with Gasteiger partial charge in [0, 0.05) is 63.9 Å². The van der Waals surface area contributed by atoms with E-state index < -0.39 is 0 Å². The van der Waals surface area contributed by atoms with E-state index in [4.69, 9.17) is 0 Å². The van der Waals surface area contributed by atoms with Crippen molar-refractivity contribution >= 4 is 46.3 Å². The second-order valence-corrected chi connectivity index (χ2v) is 7.21. The maximum Gasteiger partial charge on any atom is 0.194 e. The van der Waals surface area contributed by atoms with Gasteiger partial charge in [-0.1, -0.05) is 6.07 Å². The van der Waals surface area contributed by atoms with Crippen LogP contribution in [-0.2, 0) is 6.54 Å². The first-order valence-electron chi connectivity index (χ1n) is 9.01. The van der Waals surface area contributed by atoms with Crippen molar-refractivity contribution in [1.82, 2.24) is 24.8 Å². The number of nitrogens with one attached hydrogen (secondary N) is 1. The fraction of sp³-hybridized carbons (Fsp3) is 0.316. The highest BCUT2D eigenvalue weighted by molar-refractivity contribution is 14.0. The molecule has 1 aliphatic rings. The van der Waals surface area contributed by atoms with Crippen molar-refractivity contribution in [1.29, 1.82) is 0 Å². The number of imidazole rings is 1. The first-order valence-corrected chi connectivity index (χ1v) is 9.89. The van der Waals surface area contributed by atoms with Crippen LogP contribution < -0.4 is 10.2 Å². The summed E-state index contributed by atoms with van der Waals surface area (Å²) < 4.78 is 1.93. The number of aromatic nitrogens is 3. The normalized spacial score (nSPS) is 14.7. The number of halogens is 1. The van der Waals surface area contributed by atoms with Crippen LogP contribution in [0, 0.1) is 0 Å². The quantitative estimate of drug-likeness (QED) is 0.333. The molecule has 0 aromatic carbocycles. The van der Waals surface area contributed by atoms with Crippen LogP contribution >= 0.6 is 35.3 Å². The smallest absolute Gasteiger partial charge is 0.194 e. The lowest BCUT2D eigenvalue weighted by molar-refractivity contribution is 0.373. The van der Waals surface area contributed by atoms with Gasteiger partial charge in [0.1, 0.15) is 12.1 Å². The van der Waals surface area contributed by atoms with Gasteiger partial charge in [0.25, 0.3) is 0 Å². The van der Waals surface area contributed by atoms with Gasteiger partial charge in [0.05, 0.1) is 5.00 Å². The Bertz CT molecular complexity index is 872. The van der Waals surface area contributed by atoms with Crippen molar-refractivity contribution < 1.29 is 0 Å². The molecular formula is C19H24IN7S. The van der Waals surface area contributed by atoms with Gasteiger partial charge in [-0.15, -0.1) is 35.3 Å². The van der Waals surface area contributed by atoms with Crippen LogP contribution in [0.1, 0.15) is 5.56 Å². The van der Waals surface area contributed by atoms with Gasteiger partial charge in [0.2, 0.25) is 0 Å². The van der Waals surface area contributed by atoms with Crippen molar-refractivity contribution in [3.8, 4) is 5.82 Å². The minimum absolute atomic E-state index is 0. The highest BCUT2D eigenvalue weighted by Gasteiger charge is 2.20. The van der Waals surface area contributed by atoms with Crippen LogP contribution in [0.2, 0.25) is 0 Å². The molecule has 0 unspecified atom stereocenters. The summed E-state index contributed by atoms with van der Waals surface area (Å²) in [6, 6.07) is 8.34. The molecule has 0 amide bonds. The Balaban J connectivity index is 0.00000225. The maximum absolute atomic E-state index is 4.50. The summed E-state index contributed by atoms with van der Waals surface area (Å²) in [6.07, 6.45) is 7.24. The first kappa shape index (κ1) is 20.6. The minimum Gasteiger partial charge on any atom is -0.360 e. The number of aliphatic imine (C=N–C) groups is 1. The number of anilines is 1. The largest absolute Gasteiger partial charge is 0.360 e. The zero-order chi connectivity index (χ0) is 18.5. The van der Waals surface area contributed by atoms with Gasteiger partial charge in [-0.3, -0.25) is 9.56 Å². The minimum atomic E-state index is 0. The molecule has 1 fully saturated rings. The van der Waals surface area contributed by atoms with Crippen molar-refractivity contribution in [3.63, 3.8) is 0 Å². The lowest BCUT2D eigenvalue weighted by Gasteiger charge is -2.37. The van der Waals surface area contributed by atoms with Gasteiger partial charge in [-0.05, 0) is 23.6 Å². The van der Waals surface area contributed by atoms with Crippen LogP contribution in [0.4, 0.5) is 5.00 Å². The Labute approximate surface area is 186 Å². The average molecular weight is 509 g/mol. The zero-order valence-corrected chi connectivity index (χ0v) is 18.9. The van der Waals surface area contributed by atoms with E-state index in [2.05, 4.69) is 53.7 Å². The van der Waals surface area contributed by atoms with Crippen LogP contribution in [-0.4, -0.2) is 58.6 Å². The third-order valence-electron chi connectivity index (χ3n) is 4.66. The van der Waals surface area contributed by atoms with E-state index in [-0.39, 0.29) is 24.0 Å². The Morgan fingerprint density at radius 3 is 2.71 bits per heavy atom. The summed E-state index contributed by atoms with van der Waals surface area (Å²) in [5.41, 5.74) is 1.11. The lowest BCUT2D eigenvalue weighted by atomic mass is 10.2. The molecule has 0 bridgehead atoms. The summed E-state index contributed by atoms with van der Waals surface area (Å²) in [4.78, 5) is 17.9. The molecule has 4 rings (SSSR count). The van der Waals surface area contributed by atoms with Crippen LogP contribution in [0.25, 0.3) is 5.82 Å². The predicted octanol–water partition coefficient (Wildman–Crippen LogP) is 2.84. The molecule has 0 saturated carbocycles. The molecule has 1 saturated heterocycles. The van der Waals surface area contributed by atoms with E-state index in [0.29, 0.717) is 6.54 Å². The van der Waals surface area contributed by atoms with Gasteiger partial charge in [-0.2, -0.15) is 0 Å². The molecule has 1 N–H and O–H groups in total. The Kier molecular flexibility index (Phi) is 7.26. The van der Waals surface area contributed by atoms with Crippen LogP contribution in [0.5, 0.6) is 0 Å². The van der Waals surface area contributed by atoms with Gasteiger partial charge >= 0.3 is 0 Å². The third kappa shape index (κ3) is 4.64. The molecule has 3 aromatic rings. The summed E-state index contributed by atoms with van der Waals surface area (Å²) in [7, 11) is 1.84. The zero-order valence-electron chi connectivity index (χ0n) is 15.7. The molecular weight excluding hydrogens is 485 g/mol. The number of thiophene rings is 1. The molecule has 4 heterocycles. The molecule has 0 atom stereocenters. The number of nitrogens with zero attached hydrogens (tertiary/aromatic N) is 6. The fourth-order valence-corrected chi connectivity index (χ4v) is 4.07. The first-order chi connectivity index (χ1) is 13.3. The number of hydrogen-bond donors (Lipinski definition) is 1. The van der Waals surface area contributed by atoms with Crippen LogP contribution in [0.15, 0.2) is 59.6 Å². The Morgan fingerprint density at radius 2 is 2.04 bits per heavy atom. The highest BCUT2D eigenvalue weighted by atomic mass is 127. The standard InChI is InChI=1S/C19H23N7S.HI/c1-20-19(25-11-9-24(10-12-25)17-5-3-13-27-17)23-14-16-4-2-6-22-18(16)26-8-7-21-15-26;/h2-8,13,15H,9-12,14H2,1H3,(H,20,23);1H. The van der Waals surface area contributed by atoms with Crippen molar-refractivity contribution in [2.24, 2.45) is 4.99 Å². The van der Waals surface area contributed by atoms with E-state index >= 15 is 0 Å². The third-order valence-corrected chi connectivity index (χ3v) is 5.59. The molecule has 0 aliphatic carbocycles. The van der Waals surface area contributed by atoms with E-state index in [1.807, 2.05) is 23.9 Å². The number of pyridine rings is 1. The number of guanidine groups is 1. The Morgan fingerprint density at radius 1 is 1.18 bits per heavy atom. The van der Waals surface area contributed by atoms with Gasteiger partial charge < -0.3 is 15.1 Å². The molecule has 148 valence electrons. The van der Waals surface area contributed by atoms with E-state index in [9.17, 15) is 0 Å². The number of piperazine rings is 1. The monoisotopic (exact) mass is 509 g/mol. The predicted molar refractivity (Wildman–Crippen MR) is 125 cm³/mol. The van der Waals surface area contributed by atoms with Gasteiger partial charge in [0.15, 0.2) is 5.96 Å².